The first-order valence-electron chi connectivity index (χ1n) is 8.62. The van der Waals surface area contributed by atoms with Crippen molar-refractivity contribution in [2.75, 3.05) is 24.5 Å². The maximum Gasteiger partial charge on any atom is 0.231 e. The van der Waals surface area contributed by atoms with Gasteiger partial charge in [-0.1, -0.05) is 18.2 Å². The fourth-order valence-corrected chi connectivity index (χ4v) is 2.71. The molecule has 0 saturated heterocycles. The summed E-state index contributed by atoms with van der Waals surface area (Å²) in [4.78, 5) is 8.76. The lowest BCUT2D eigenvalue weighted by atomic mass is 10.2. The maximum absolute atomic E-state index is 5.41. The van der Waals surface area contributed by atoms with Gasteiger partial charge >= 0.3 is 0 Å². The molecule has 0 aliphatic carbocycles. The summed E-state index contributed by atoms with van der Waals surface area (Å²) in [5.74, 6) is 3.72. The number of aromatic nitrogens is 2. The van der Waals surface area contributed by atoms with Crippen molar-refractivity contribution < 1.29 is 14.2 Å². The number of nitrogens with zero attached hydrogens (tertiary/aromatic N) is 2. The molecule has 0 fully saturated rings. The zero-order valence-electron chi connectivity index (χ0n) is 14.9. The van der Waals surface area contributed by atoms with Gasteiger partial charge in [-0.15, -0.1) is 0 Å². The van der Waals surface area contributed by atoms with Crippen LogP contribution in [0.2, 0.25) is 0 Å². The molecule has 3 aromatic rings. The van der Waals surface area contributed by atoms with Gasteiger partial charge in [-0.05, 0) is 41.5 Å². The number of anilines is 2. The Kier molecular flexibility index (Phi) is 4.91. The summed E-state index contributed by atoms with van der Waals surface area (Å²) >= 11 is 0. The summed E-state index contributed by atoms with van der Waals surface area (Å²) in [5.41, 5.74) is 2.21. The van der Waals surface area contributed by atoms with E-state index in [1.807, 2.05) is 48.5 Å². The van der Waals surface area contributed by atoms with Gasteiger partial charge in [0, 0.05) is 19.3 Å². The van der Waals surface area contributed by atoms with E-state index >= 15 is 0 Å². The first-order valence-corrected chi connectivity index (χ1v) is 8.62. The van der Waals surface area contributed by atoms with E-state index in [-0.39, 0.29) is 6.79 Å². The van der Waals surface area contributed by atoms with E-state index in [9.17, 15) is 0 Å². The van der Waals surface area contributed by atoms with Gasteiger partial charge < -0.3 is 24.8 Å². The number of benzene rings is 2. The Labute approximate surface area is 157 Å². The van der Waals surface area contributed by atoms with Crippen molar-refractivity contribution in [2.24, 2.45) is 0 Å². The van der Waals surface area contributed by atoms with Crippen LogP contribution in [0.25, 0.3) is 0 Å². The number of fused-ring (bicyclic) bond motifs is 1. The number of hydrogen-bond acceptors (Lipinski definition) is 7. The Bertz CT molecular complexity index is 915. The van der Waals surface area contributed by atoms with E-state index in [1.165, 1.54) is 0 Å². The lowest BCUT2D eigenvalue weighted by molar-refractivity contribution is 0.174. The second-order valence-corrected chi connectivity index (χ2v) is 6.01. The van der Waals surface area contributed by atoms with Crippen LogP contribution >= 0.6 is 0 Å². The van der Waals surface area contributed by atoms with Crippen LogP contribution in [0, 0.1) is 0 Å². The standard InChI is InChI=1S/C20H20N4O3/c1-25-16-5-2-14(3-6-16)11-23-20-21-9-8-19(24-20)22-12-15-4-7-17-18(10-15)27-13-26-17/h2-10H,11-13H2,1H3,(H2,21,22,23,24). The molecule has 2 aromatic carbocycles. The topological polar surface area (TPSA) is 77.5 Å². The molecule has 0 saturated carbocycles. The van der Waals surface area contributed by atoms with Gasteiger partial charge in [0.1, 0.15) is 11.6 Å². The second kappa shape index (κ2) is 7.82. The Balaban J connectivity index is 1.34. The van der Waals surface area contributed by atoms with Gasteiger partial charge in [0.25, 0.3) is 0 Å². The molecular formula is C20H20N4O3. The van der Waals surface area contributed by atoms with Crippen molar-refractivity contribution in [3.05, 3.63) is 65.9 Å². The zero-order valence-corrected chi connectivity index (χ0v) is 14.9. The van der Waals surface area contributed by atoms with Crippen LogP contribution < -0.4 is 24.8 Å². The van der Waals surface area contributed by atoms with E-state index in [2.05, 4.69) is 20.6 Å². The molecule has 0 unspecified atom stereocenters. The minimum atomic E-state index is 0.279. The lowest BCUT2D eigenvalue weighted by Crippen LogP contribution is -2.06. The quantitative estimate of drug-likeness (QED) is 0.665. The molecule has 27 heavy (non-hydrogen) atoms. The smallest absolute Gasteiger partial charge is 0.231 e. The molecule has 2 N–H and O–H groups in total. The molecule has 0 amide bonds. The number of hydrogen-bond donors (Lipinski definition) is 2. The van der Waals surface area contributed by atoms with Crippen molar-refractivity contribution in [1.29, 1.82) is 0 Å². The zero-order chi connectivity index (χ0) is 18.5. The van der Waals surface area contributed by atoms with Crippen molar-refractivity contribution >= 4 is 11.8 Å². The SMILES string of the molecule is COc1ccc(CNc2nccc(NCc3ccc4c(c3)OCO4)n2)cc1. The molecule has 2 heterocycles. The van der Waals surface area contributed by atoms with Gasteiger partial charge in [0.05, 0.1) is 7.11 Å². The third-order valence-electron chi connectivity index (χ3n) is 4.18. The van der Waals surface area contributed by atoms with E-state index in [4.69, 9.17) is 14.2 Å². The lowest BCUT2D eigenvalue weighted by Gasteiger charge is -2.09. The van der Waals surface area contributed by atoms with E-state index in [0.717, 1.165) is 34.2 Å². The average molecular weight is 364 g/mol. The monoisotopic (exact) mass is 364 g/mol. The number of nitrogens with one attached hydrogen (secondary N) is 2. The molecule has 7 heteroatoms. The summed E-state index contributed by atoms with van der Waals surface area (Å²) in [6, 6.07) is 15.6. The minimum Gasteiger partial charge on any atom is -0.497 e. The number of rotatable bonds is 7. The second-order valence-electron chi connectivity index (χ2n) is 6.01. The van der Waals surface area contributed by atoms with Crippen LogP contribution in [0.1, 0.15) is 11.1 Å². The molecule has 0 atom stereocenters. The Morgan fingerprint density at radius 3 is 2.56 bits per heavy atom. The van der Waals surface area contributed by atoms with Gasteiger partial charge in [-0.2, -0.15) is 4.98 Å². The fraction of sp³-hybridized carbons (Fsp3) is 0.200. The van der Waals surface area contributed by atoms with Crippen molar-refractivity contribution in [1.82, 2.24) is 9.97 Å². The summed E-state index contributed by atoms with van der Waals surface area (Å²) in [6.45, 7) is 1.54. The van der Waals surface area contributed by atoms with Crippen molar-refractivity contribution in [3.63, 3.8) is 0 Å². The van der Waals surface area contributed by atoms with Crippen LogP contribution in [0.15, 0.2) is 54.7 Å². The van der Waals surface area contributed by atoms with E-state index < -0.39 is 0 Å². The Hall–Kier alpha value is -3.48. The molecule has 0 spiro atoms. The molecule has 4 rings (SSSR count). The first kappa shape index (κ1) is 17.0. The van der Waals surface area contributed by atoms with E-state index in [0.29, 0.717) is 19.0 Å². The number of methoxy groups -OCH3 is 1. The average Bonchev–Trinajstić information content (AvgIpc) is 3.19. The minimum absolute atomic E-state index is 0.279. The predicted octanol–water partition coefficient (Wildman–Crippen LogP) is 3.44. The summed E-state index contributed by atoms with van der Waals surface area (Å²) in [5, 5.41) is 6.53. The highest BCUT2D eigenvalue weighted by Crippen LogP contribution is 2.32. The molecule has 0 bridgehead atoms. The summed E-state index contributed by atoms with van der Waals surface area (Å²) < 4.78 is 15.9. The molecule has 138 valence electrons. The van der Waals surface area contributed by atoms with Gasteiger partial charge in [-0.25, -0.2) is 4.98 Å². The van der Waals surface area contributed by atoms with Crippen LogP contribution in [-0.2, 0) is 13.1 Å². The van der Waals surface area contributed by atoms with Gasteiger partial charge in [0.15, 0.2) is 11.5 Å². The van der Waals surface area contributed by atoms with Gasteiger partial charge in [0.2, 0.25) is 12.7 Å². The number of ether oxygens (including phenoxy) is 3. The van der Waals surface area contributed by atoms with Crippen molar-refractivity contribution in [2.45, 2.75) is 13.1 Å². The highest BCUT2D eigenvalue weighted by atomic mass is 16.7. The van der Waals surface area contributed by atoms with Crippen LogP contribution in [0.4, 0.5) is 11.8 Å². The summed E-state index contributed by atoms with van der Waals surface area (Å²) in [6.07, 6.45) is 1.73. The molecule has 1 aliphatic rings. The van der Waals surface area contributed by atoms with Crippen LogP contribution in [0.3, 0.4) is 0 Å². The van der Waals surface area contributed by atoms with E-state index in [1.54, 1.807) is 13.3 Å². The first-order chi connectivity index (χ1) is 13.3. The Morgan fingerprint density at radius 1 is 0.926 bits per heavy atom. The van der Waals surface area contributed by atoms with Gasteiger partial charge in [-0.3, -0.25) is 0 Å². The molecular weight excluding hydrogens is 344 g/mol. The third-order valence-corrected chi connectivity index (χ3v) is 4.18. The molecule has 7 nitrogen and oxygen atoms in total. The highest BCUT2D eigenvalue weighted by Gasteiger charge is 2.13. The molecule has 1 aliphatic heterocycles. The predicted molar refractivity (Wildman–Crippen MR) is 102 cm³/mol. The summed E-state index contributed by atoms with van der Waals surface area (Å²) in [7, 11) is 1.66. The van der Waals surface area contributed by atoms with Crippen LogP contribution in [0.5, 0.6) is 17.2 Å². The maximum atomic E-state index is 5.41. The Morgan fingerprint density at radius 2 is 1.70 bits per heavy atom. The molecule has 1 aromatic heterocycles. The van der Waals surface area contributed by atoms with Crippen LogP contribution in [-0.4, -0.2) is 23.9 Å². The largest absolute Gasteiger partial charge is 0.497 e. The van der Waals surface area contributed by atoms with Crippen molar-refractivity contribution in [3.8, 4) is 17.2 Å². The fourth-order valence-electron chi connectivity index (χ4n) is 2.71. The normalized spacial score (nSPS) is 11.9. The third kappa shape index (κ3) is 4.20. The molecule has 0 radical (unpaired) electrons. The highest BCUT2D eigenvalue weighted by molar-refractivity contribution is 5.46.